The molecule has 14 nitrogen and oxygen atoms in total. The normalized spacial score (nSPS) is 15.9. The second-order valence-electron chi connectivity index (χ2n) is 19.5. The van der Waals surface area contributed by atoms with E-state index in [0.717, 1.165) is 46.0 Å². The van der Waals surface area contributed by atoms with Gasteiger partial charge in [0.2, 0.25) is 11.8 Å². The summed E-state index contributed by atoms with van der Waals surface area (Å²) in [4.78, 5) is 81.6. The number of carbonyl (C=O) groups excluding carboxylic acids is 5. The number of aromatic nitrogens is 2. The maximum atomic E-state index is 15.7. The third-order valence-corrected chi connectivity index (χ3v) is 14.4. The molecule has 8 rings (SSSR count). The lowest BCUT2D eigenvalue weighted by atomic mass is 9.85. The van der Waals surface area contributed by atoms with Gasteiger partial charge in [0.25, 0.3) is 17.7 Å². The van der Waals surface area contributed by atoms with E-state index in [4.69, 9.17) is 12.2 Å². The number of hydrogen-bond donors (Lipinski definition) is 3. The number of nitrogens with one attached hydrogen (secondary N) is 3. The third kappa shape index (κ3) is 10.7. The smallest absolute Gasteiger partial charge is 0.350 e. The van der Waals surface area contributed by atoms with Crippen LogP contribution in [0, 0.1) is 35.3 Å². The molecule has 0 saturated carbocycles. The molecule has 75 heavy (non-hydrogen) atoms. The number of thiocarbonyl (C=S) groups is 1. The van der Waals surface area contributed by atoms with Crippen molar-refractivity contribution >= 4 is 75.3 Å². The number of likely N-dealkylation sites (tertiary alicyclic amines) is 1. The van der Waals surface area contributed by atoms with E-state index in [-0.39, 0.29) is 28.8 Å². The number of halogens is 5. The summed E-state index contributed by atoms with van der Waals surface area (Å²) < 4.78 is 72.6. The molecular formula is C54H48F5N9O5S2. The van der Waals surface area contributed by atoms with Crippen molar-refractivity contribution in [2.24, 2.45) is 5.41 Å². The van der Waals surface area contributed by atoms with Crippen LogP contribution in [0.1, 0.15) is 90.6 Å². The zero-order valence-corrected chi connectivity index (χ0v) is 42.9. The van der Waals surface area contributed by atoms with E-state index in [1.165, 1.54) is 42.0 Å². The summed E-state index contributed by atoms with van der Waals surface area (Å²) in [6, 6.07) is 21.8. The minimum absolute atomic E-state index is 0.104. The fourth-order valence-corrected chi connectivity index (χ4v) is 10.3. The van der Waals surface area contributed by atoms with Gasteiger partial charge in [-0.2, -0.15) is 18.4 Å². The van der Waals surface area contributed by atoms with Crippen LogP contribution in [0.3, 0.4) is 0 Å². The van der Waals surface area contributed by atoms with Crippen molar-refractivity contribution in [2.45, 2.75) is 84.7 Å². The van der Waals surface area contributed by atoms with Gasteiger partial charge < -0.3 is 25.8 Å². The van der Waals surface area contributed by atoms with Gasteiger partial charge in [-0.05, 0) is 117 Å². The number of thiazole rings is 1. The largest absolute Gasteiger partial charge is 0.420 e. The molecule has 386 valence electrons. The van der Waals surface area contributed by atoms with Crippen LogP contribution in [0.25, 0.3) is 21.7 Å². The number of rotatable bonds is 12. The Kier molecular flexibility index (Phi) is 14.8. The molecule has 5 amide bonds. The predicted octanol–water partition coefficient (Wildman–Crippen LogP) is 9.97. The van der Waals surface area contributed by atoms with Crippen molar-refractivity contribution in [1.82, 2.24) is 25.5 Å². The van der Waals surface area contributed by atoms with Crippen molar-refractivity contribution in [2.75, 3.05) is 21.7 Å². The van der Waals surface area contributed by atoms with Gasteiger partial charge in [-0.3, -0.25) is 33.9 Å². The van der Waals surface area contributed by atoms with Crippen LogP contribution in [0.15, 0.2) is 103 Å². The Hall–Kier alpha value is -7.96. The molecule has 0 aliphatic carbocycles. The molecule has 3 N–H and O–H groups in total. The molecule has 0 unspecified atom stereocenters. The van der Waals surface area contributed by atoms with Crippen LogP contribution in [0.2, 0.25) is 0 Å². The zero-order valence-electron chi connectivity index (χ0n) is 41.2. The van der Waals surface area contributed by atoms with Crippen molar-refractivity contribution in [1.29, 1.82) is 5.26 Å². The minimum atomic E-state index is -5.23. The highest BCUT2D eigenvalue weighted by Gasteiger charge is 2.52. The number of alkyl halides is 3. The first kappa shape index (κ1) is 53.3. The van der Waals surface area contributed by atoms with Gasteiger partial charge >= 0.3 is 6.18 Å². The maximum absolute atomic E-state index is 15.7. The summed E-state index contributed by atoms with van der Waals surface area (Å²) in [6.07, 6.45) is -2.85. The molecule has 0 radical (unpaired) electrons. The van der Waals surface area contributed by atoms with Gasteiger partial charge in [0.1, 0.15) is 29.0 Å². The number of amides is 5. The number of aryl methyl sites for hydroxylation is 1. The number of pyridine rings is 1. The molecular weight excluding hydrogens is 1010 g/mol. The Morgan fingerprint density at radius 3 is 2.21 bits per heavy atom. The van der Waals surface area contributed by atoms with Gasteiger partial charge in [-0.25, -0.2) is 13.8 Å². The zero-order chi connectivity index (χ0) is 54.3. The molecule has 2 saturated heterocycles. The number of hydrogen-bond acceptors (Lipinski definition) is 10. The average Bonchev–Trinajstić information content (AvgIpc) is 4.09. The fraction of sp³-hybridized carbons (Fsp3) is 0.278. The Labute approximate surface area is 437 Å². The van der Waals surface area contributed by atoms with Crippen LogP contribution >= 0.6 is 23.6 Å². The highest BCUT2D eigenvalue weighted by Crippen LogP contribution is 2.42. The lowest BCUT2D eigenvalue weighted by Crippen LogP contribution is -2.57. The highest BCUT2D eigenvalue weighted by molar-refractivity contribution is 7.81. The van der Waals surface area contributed by atoms with Gasteiger partial charge in [0.15, 0.2) is 10.9 Å². The summed E-state index contributed by atoms with van der Waals surface area (Å²) in [6.45, 7) is 10.7. The lowest BCUT2D eigenvalue weighted by Gasteiger charge is -2.35. The second-order valence-corrected chi connectivity index (χ2v) is 20.7. The molecule has 2 aliphatic rings. The number of nitrogens with zero attached hydrogens (tertiary/aromatic N) is 6. The Bertz CT molecular complexity index is 3300. The summed E-state index contributed by atoms with van der Waals surface area (Å²) in [5.74, 6) is -6.03. The standard InChI is InChI=1S/C54H48F5N9O5S2/c1-29-44(75-28-63-29)32-11-9-30(10-12-32)26-62-48(71)41-8-7-23-66(41)49(72)45(52(2,3)4)65-47(70)37-20-15-33(24-38(37)55)46(69)64-35-17-13-31(14-18-35)39-21-19-36(27-61-39)68-51(74)67(50(73)53(68,5)6)40-22-16-34(25-60)42(43(40)56)54(57,58)59/h9-22,24,27-28,41,45H,7-8,23,26H2,1-6H3,(H,62,71)(H,64,69)(H,65,70)/t41-,45+/m0/s1. The molecule has 0 bridgehead atoms. The van der Waals surface area contributed by atoms with E-state index in [2.05, 4.69) is 25.9 Å². The van der Waals surface area contributed by atoms with E-state index in [1.807, 2.05) is 31.2 Å². The molecule has 2 atom stereocenters. The summed E-state index contributed by atoms with van der Waals surface area (Å²) in [5, 5.41) is 17.2. The summed E-state index contributed by atoms with van der Waals surface area (Å²) in [5.41, 5.74) is -0.137. The van der Waals surface area contributed by atoms with Crippen LogP contribution in [-0.2, 0) is 27.1 Å². The SMILES string of the molecule is Cc1ncsc1-c1ccc(CNC(=O)[C@@H]2CCCN2C(=O)[C@@H](NC(=O)c2ccc(C(=O)Nc3ccc(-c4ccc(N5C(=S)N(c6ccc(C#N)c(C(F)(F)F)c6F)C(=O)C5(C)C)cn4)cc3)cc2F)C(C)(C)C)cc1. The van der Waals surface area contributed by atoms with Crippen molar-refractivity contribution < 1.29 is 45.9 Å². The molecule has 0 spiro atoms. The first-order valence-electron chi connectivity index (χ1n) is 23.4. The Morgan fingerprint density at radius 2 is 1.61 bits per heavy atom. The second kappa shape index (κ2) is 20.7. The van der Waals surface area contributed by atoms with Crippen LogP contribution in [-0.4, -0.2) is 73.7 Å². The molecule has 2 aliphatic heterocycles. The van der Waals surface area contributed by atoms with E-state index in [0.29, 0.717) is 41.2 Å². The van der Waals surface area contributed by atoms with Crippen LogP contribution < -0.4 is 25.8 Å². The molecule has 2 aromatic heterocycles. The quantitative estimate of drug-likeness (QED) is 0.0789. The van der Waals surface area contributed by atoms with Gasteiger partial charge in [-0.1, -0.05) is 57.2 Å². The molecule has 2 fully saturated rings. The highest BCUT2D eigenvalue weighted by atomic mass is 32.1. The number of nitriles is 1. The van der Waals surface area contributed by atoms with Gasteiger partial charge in [-0.15, -0.1) is 11.3 Å². The van der Waals surface area contributed by atoms with Crippen molar-refractivity contribution in [3.63, 3.8) is 0 Å². The Morgan fingerprint density at radius 1 is 0.920 bits per heavy atom. The lowest BCUT2D eigenvalue weighted by molar-refractivity contribution is -0.142. The maximum Gasteiger partial charge on any atom is 0.420 e. The van der Waals surface area contributed by atoms with E-state index >= 15 is 8.78 Å². The van der Waals surface area contributed by atoms with E-state index in [1.54, 1.807) is 74.0 Å². The molecule has 21 heteroatoms. The molecule has 6 aromatic rings. The number of benzene rings is 4. The third-order valence-electron chi connectivity index (χ3n) is 13.0. The van der Waals surface area contributed by atoms with Crippen molar-refractivity contribution in [3.8, 4) is 27.8 Å². The summed E-state index contributed by atoms with van der Waals surface area (Å²) >= 11 is 7.08. The molecule has 4 aromatic carbocycles. The monoisotopic (exact) mass is 1060 g/mol. The summed E-state index contributed by atoms with van der Waals surface area (Å²) in [7, 11) is 0. The van der Waals surface area contributed by atoms with Gasteiger partial charge in [0, 0.05) is 29.9 Å². The first-order chi connectivity index (χ1) is 35.4. The van der Waals surface area contributed by atoms with E-state index in [9.17, 15) is 42.4 Å². The predicted molar refractivity (Wildman–Crippen MR) is 276 cm³/mol. The van der Waals surface area contributed by atoms with Crippen LogP contribution in [0.4, 0.5) is 39.0 Å². The Balaban J connectivity index is 0.882. The minimum Gasteiger partial charge on any atom is -0.350 e. The topological polar surface area (TPSA) is 181 Å². The van der Waals surface area contributed by atoms with Crippen molar-refractivity contribution in [3.05, 3.63) is 148 Å². The molecule has 4 heterocycles. The average molecular weight is 1060 g/mol. The first-order valence-corrected chi connectivity index (χ1v) is 24.7. The van der Waals surface area contributed by atoms with Gasteiger partial charge in [0.05, 0.1) is 56.5 Å². The fourth-order valence-electron chi connectivity index (χ4n) is 8.99. The van der Waals surface area contributed by atoms with E-state index < -0.39 is 86.9 Å². The number of anilines is 3. The van der Waals surface area contributed by atoms with Crippen LogP contribution in [0.5, 0.6) is 0 Å². The number of carbonyl (C=O) groups is 5.